The fourth-order valence-electron chi connectivity index (χ4n) is 3.78. The van der Waals surface area contributed by atoms with E-state index >= 15 is 0 Å². The van der Waals surface area contributed by atoms with Crippen LogP contribution in [-0.2, 0) is 17.6 Å². The standard InChI is InChI=1S/C18H25NO/c1-2-13-7-9-14(10-8-13)11-18(20)17-12-15-5-3-4-6-16(15)19-17/h7-10,15-17,19H,2-6,11-12H2,1H3. The number of nitrogens with one attached hydrogen (secondary N) is 1. The lowest BCUT2D eigenvalue weighted by atomic mass is 9.84. The highest BCUT2D eigenvalue weighted by Crippen LogP contribution is 2.33. The Morgan fingerprint density at radius 1 is 1.15 bits per heavy atom. The van der Waals surface area contributed by atoms with Crippen molar-refractivity contribution in [1.29, 1.82) is 0 Å². The van der Waals surface area contributed by atoms with E-state index in [0.717, 1.165) is 24.3 Å². The Morgan fingerprint density at radius 3 is 2.55 bits per heavy atom. The predicted molar refractivity (Wildman–Crippen MR) is 81.8 cm³/mol. The molecule has 1 heterocycles. The number of Topliss-reactive ketones (excluding diaryl/α,β-unsaturated/α-hetero) is 1. The van der Waals surface area contributed by atoms with Gasteiger partial charge >= 0.3 is 0 Å². The molecular formula is C18H25NO. The monoisotopic (exact) mass is 271 g/mol. The largest absolute Gasteiger partial charge is 0.304 e. The van der Waals surface area contributed by atoms with Gasteiger partial charge in [0.2, 0.25) is 0 Å². The Bertz CT molecular complexity index is 451. The molecule has 1 N–H and O–H groups in total. The van der Waals surface area contributed by atoms with Gasteiger partial charge in [0.1, 0.15) is 0 Å². The molecule has 0 amide bonds. The summed E-state index contributed by atoms with van der Waals surface area (Å²) in [6.07, 6.45) is 7.96. The van der Waals surface area contributed by atoms with Crippen LogP contribution in [0.15, 0.2) is 24.3 Å². The third-order valence-corrected chi connectivity index (χ3v) is 5.06. The molecule has 2 nitrogen and oxygen atoms in total. The summed E-state index contributed by atoms with van der Waals surface area (Å²) in [5, 5.41) is 3.59. The van der Waals surface area contributed by atoms with Crippen molar-refractivity contribution in [2.45, 2.75) is 64.0 Å². The van der Waals surface area contributed by atoms with Gasteiger partial charge in [-0.05, 0) is 42.7 Å². The van der Waals surface area contributed by atoms with Crippen LogP contribution in [0, 0.1) is 5.92 Å². The number of ketones is 1. The Labute approximate surface area is 122 Å². The number of carbonyl (C=O) groups excluding carboxylic acids is 1. The van der Waals surface area contributed by atoms with E-state index in [4.69, 9.17) is 0 Å². The molecular weight excluding hydrogens is 246 g/mol. The quantitative estimate of drug-likeness (QED) is 0.910. The maximum absolute atomic E-state index is 12.5. The lowest BCUT2D eigenvalue weighted by Gasteiger charge is -2.24. The van der Waals surface area contributed by atoms with Gasteiger partial charge in [0.25, 0.3) is 0 Å². The first-order chi connectivity index (χ1) is 9.76. The SMILES string of the molecule is CCc1ccc(CC(=O)C2CC3CCCCC3N2)cc1. The predicted octanol–water partition coefficient (Wildman–Crippen LogP) is 3.28. The van der Waals surface area contributed by atoms with Gasteiger partial charge < -0.3 is 5.32 Å². The summed E-state index contributed by atoms with van der Waals surface area (Å²) in [6, 6.07) is 9.22. The number of benzene rings is 1. The molecule has 108 valence electrons. The number of hydrogen-bond acceptors (Lipinski definition) is 2. The summed E-state index contributed by atoms with van der Waals surface area (Å²) in [5.74, 6) is 1.13. The number of fused-ring (bicyclic) bond motifs is 1. The molecule has 3 atom stereocenters. The third kappa shape index (κ3) is 2.95. The Morgan fingerprint density at radius 2 is 1.85 bits per heavy atom. The average Bonchev–Trinajstić information content (AvgIpc) is 2.92. The van der Waals surface area contributed by atoms with E-state index in [9.17, 15) is 4.79 Å². The van der Waals surface area contributed by atoms with Crippen LogP contribution in [0.2, 0.25) is 0 Å². The highest BCUT2D eigenvalue weighted by Gasteiger charge is 2.37. The smallest absolute Gasteiger partial charge is 0.154 e. The molecule has 0 radical (unpaired) electrons. The van der Waals surface area contributed by atoms with Crippen LogP contribution in [0.1, 0.15) is 50.2 Å². The first-order valence-electron chi connectivity index (χ1n) is 8.13. The zero-order valence-electron chi connectivity index (χ0n) is 12.4. The van der Waals surface area contributed by atoms with Gasteiger partial charge in [-0.25, -0.2) is 0 Å². The Kier molecular flexibility index (Phi) is 4.21. The van der Waals surface area contributed by atoms with Crippen molar-refractivity contribution in [3.63, 3.8) is 0 Å². The minimum atomic E-state index is 0.106. The van der Waals surface area contributed by atoms with E-state index < -0.39 is 0 Å². The van der Waals surface area contributed by atoms with E-state index in [2.05, 4.69) is 36.5 Å². The molecule has 3 rings (SSSR count). The fourth-order valence-corrected chi connectivity index (χ4v) is 3.78. The lowest BCUT2D eigenvalue weighted by molar-refractivity contribution is -0.120. The van der Waals surface area contributed by atoms with Crippen LogP contribution >= 0.6 is 0 Å². The molecule has 20 heavy (non-hydrogen) atoms. The number of rotatable bonds is 4. The third-order valence-electron chi connectivity index (χ3n) is 5.06. The molecule has 3 unspecified atom stereocenters. The van der Waals surface area contributed by atoms with Crippen LogP contribution in [0.25, 0.3) is 0 Å². The van der Waals surface area contributed by atoms with Crippen molar-refractivity contribution < 1.29 is 4.79 Å². The van der Waals surface area contributed by atoms with E-state index in [1.54, 1.807) is 0 Å². The summed E-state index contributed by atoms with van der Waals surface area (Å²) >= 11 is 0. The van der Waals surface area contributed by atoms with Crippen LogP contribution in [0.5, 0.6) is 0 Å². The summed E-state index contributed by atoms with van der Waals surface area (Å²) in [6.45, 7) is 2.16. The Balaban J connectivity index is 1.59. The van der Waals surface area contributed by atoms with Crippen LogP contribution in [0.3, 0.4) is 0 Å². The maximum Gasteiger partial charge on any atom is 0.154 e. The molecule has 1 aromatic carbocycles. The van der Waals surface area contributed by atoms with Crippen molar-refractivity contribution in [2.75, 3.05) is 0 Å². The van der Waals surface area contributed by atoms with Crippen molar-refractivity contribution in [3.8, 4) is 0 Å². The van der Waals surface area contributed by atoms with Crippen molar-refractivity contribution in [2.24, 2.45) is 5.92 Å². The zero-order valence-corrected chi connectivity index (χ0v) is 12.4. The molecule has 1 aliphatic heterocycles. The molecule has 0 aromatic heterocycles. The van der Waals surface area contributed by atoms with Crippen LogP contribution in [0.4, 0.5) is 0 Å². The highest BCUT2D eigenvalue weighted by atomic mass is 16.1. The van der Waals surface area contributed by atoms with E-state index in [1.807, 2.05) is 0 Å². The van der Waals surface area contributed by atoms with Gasteiger partial charge in [0.05, 0.1) is 6.04 Å². The highest BCUT2D eigenvalue weighted by molar-refractivity contribution is 5.86. The van der Waals surface area contributed by atoms with Crippen molar-refractivity contribution in [1.82, 2.24) is 5.32 Å². The minimum Gasteiger partial charge on any atom is -0.304 e. The molecule has 2 heteroatoms. The first-order valence-corrected chi connectivity index (χ1v) is 8.13. The van der Waals surface area contributed by atoms with Gasteiger partial charge in [-0.1, -0.05) is 44.0 Å². The zero-order chi connectivity index (χ0) is 13.9. The molecule has 1 saturated carbocycles. The summed E-state index contributed by atoms with van der Waals surface area (Å²) in [4.78, 5) is 12.5. The fraction of sp³-hybridized carbons (Fsp3) is 0.611. The van der Waals surface area contributed by atoms with Gasteiger partial charge in [-0.3, -0.25) is 4.79 Å². The first kappa shape index (κ1) is 13.8. The molecule has 2 aliphatic rings. The lowest BCUT2D eigenvalue weighted by Crippen LogP contribution is -2.37. The molecule has 1 aliphatic carbocycles. The summed E-state index contributed by atoms with van der Waals surface area (Å²) in [7, 11) is 0. The molecule has 0 bridgehead atoms. The van der Waals surface area contributed by atoms with Crippen LogP contribution in [-0.4, -0.2) is 17.9 Å². The number of carbonyl (C=O) groups is 1. The summed E-state index contributed by atoms with van der Waals surface area (Å²) in [5.41, 5.74) is 2.50. The van der Waals surface area contributed by atoms with Gasteiger partial charge in [0, 0.05) is 12.5 Å². The van der Waals surface area contributed by atoms with Gasteiger partial charge in [-0.15, -0.1) is 0 Å². The molecule has 1 saturated heterocycles. The normalized spacial score (nSPS) is 29.1. The van der Waals surface area contributed by atoms with Crippen LogP contribution < -0.4 is 5.32 Å². The van der Waals surface area contributed by atoms with Gasteiger partial charge in [0.15, 0.2) is 5.78 Å². The van der Waals surface area contributed by atoms with Crippen molar-refractivity contribution >= 4 is 5.78 Å². The second-order valence-corrected chi connectivity index (χ2v) is 6.42. The van der Waals surface area contributed by atoms with E-state index in [-0.39, 0.29) is 6.04 Å². The maximum atomic E-state index is 12.5. The van der Waals surface area contributed by atoms with E-state index in [1.165, 1.54) is 31.2 Å². The van der Waals surface area contributed by atoms with E-state index in [0.29, 0.717) is 18.2 Å². The number of aryl methyl sites for hydroxylation is 1. The molecule has 0 spiro atoms. The number of hydrogen-bond donors (Lipinski definition) is 1. The van der Waals surface area contributed by atoms with Gasteiger partial charge in [-0.2, -0.15) is 0 Å². The molecule has 2 fully saturated rings. The molecule has 1 aromatic rings. The summed E-state index contributed by atoms with van der Waals surface area (Å²) < 4.78 is 0. The Hall–Kier alpha value is -1.15. The second kappa shape index (κ2) is 6.09. The van der Waals surface area contributed by atoms with Crippen molar-refractivity contribution in [3.05, 3.63) is 35.4 Å². The topological polar surface area (TPSA) is 29.1 Å². The average molecular weight is 271 g/mol. The minimum absolute atomic E-state index is 0.106. The second-order valence-electron chi connectivity index (χ2n) is 6.42.